The summed E-state index contributed by atoms with van der Waals surface area (Å²) in [7, 11) is 0. The second-order valence-corrected chi connectivity index (χ2v) is 5.82. The van der Waals surface area contributed by atoms with Gasteiger partial charge in [-0.15, -0.1) is 0 Å². The lowest BCUT2D eigenvalue weighted by Crippen LogP contribution is -2.44. The van der Waals surface area contributed by atoms with E-state index in [1.807, 2.05) is 37.3 Å². The van der Waals surface area contributed by atoms with Gasteiger partial charge in [-0.2, -0.15) is 0 Å². The number of nitrogens with two attached hydrogens (primary N) is 1. The summed E-state index contributed by atoms with van der Waals surface area (Å²) in [5.41, 5.74) is 6.46. The molecule has 7 heteroatoms. The van der Waals surface area contributed by atoms with E-state index in [9.17, 15) is 14.7 Å². The maximum atomic E-state index is 12.2. The average Bonchev–Trinajstić information content (AvgIpc) is 2.64. The van der Waals surface area contributed by atoms with Crippen LogP contribution in [0.1, 0.15) is 35.8 Å². The Hall–Kier alpha value is -2.93. The zero-order valence-electron chi connectivity index (χ0n) is 14.6. The highest BCUT2D eigenvalue weighted by molar-refractivity contribution is 6.06. The minimum Gasteiger partial charge on any atom is -0.503 e. The molecule has 0 saturated carbocycles. The molecule has 0 radical (unpaired) electrons. The molecule has 1 aromatic carbocycles. The van der Waals surface area contributed by atoms with Crippen LogP contribution in [0.4, 0.5) is 0 Å². The predicted octanol–water partition coefficient (Wildman–Crippen LogP) is 1.79. The van der Waals surface area contributed by atoms with Crippen LogP contribution in [0.25, 0.3) is 0 Å². The zero-order valence-corrected chi connectivity index (χ0v) is 14.6. The van der Waals surface area contributed by atoms with Crippen molar-refractivity contribution >= 4 is 11.8 Å². The summed E-state index contributed by atoms with van der Waals surface area (Å²) >= 11 is 0. The maximum absolute atomic E-state index is 12.2. The molecule has 0 aliphatic carbocycles. The predicted molar refractivity (Wildman–Crippen MR) is 96.9 cm³/mol. The Balaban J connectivity index is 2.00. The first-order valence-electron chi connectivity index (χ1n) is 8.48. The molecule has 1 heterocycles. The summed E-state index contributed by atoms with van der Waals surface area (Å²) in [5, 5.41) is 12.3. The Kier molecular flexibility index (Phi) is 7.11. The molecule has 0 aliphatic heterocycles. The second-order valence-electron chi connectivity index (χ2n) is 5.82. The van der Waals surface area contributed by atoms with E-state index >= 15 is 0 Å². The smallest absolute Gasteiger partial charge is 0.280 e. The van der Waals surface area contributed by atoms with Crippen molar-refractivity contribution in [2.75, 3.05) is 6.61 Å². The quantitative estimate of drug-likeness (QED) is 0.621. The number of aromatic nitrogens is 1. The number of rotatable bonds is 8. The van der Waals surface area contributed by atoms with Crippen LogP contribution < -0.4 is 15.8 Å². The van der Waals surface area contributed by atoms with E-state index in [0.29, 0.717) is 13.0 Å². The molecule has 2 aromatic rings. The number of pyridine rings is 1. The van der Waals surface area contributed by atoms with E-state index in [1.54, 1.807) is 0 Å². The van der Waals surface area contributed by atoms with Gasteiger partial charge in [0.25, 0.3) is 5.91 Å². The molecule has 138 valence electrons. The number of carbonyl (C=O) groups excluding carboxylic acids is 2. The Morgan fingerprint density at radius 3 is 2.69 bits per heavy atom. The van der Waals surface area contributed by atoms with E-state index in [1.165, 1.54) is 12.3 Å². The van der Waals surface area contributed by atoms with E-state index in [0.717, 1.165) is 18.4 Å². The van der Waals surface area contributed by atoms with Crippen LogP contribution in [0.5, 0.6) is 11.5 Å². The molecule has 1 atom stereocenters. The van der Waals surface area contributed by atoms with Crippen LogP contribution in [0.3, 0.4) is 0 Å². The summed E-state index contributed by atoms with van der Waals surface area (Å²) in [5.74, 6) is -1.71. The fourth-order valence-electron chi connectivity index (χ4n) is 2.27. The van der Waals surface area contributed by atoms with E-state index in [2.05, 4.69) is 10.3 Å². The number of amides is 2. The number of aromatic hydroxyl groups is 1. The van der Waals surface area contributed by atoms with E-state index in [-0.39, 0.29) is 11.4 Å². The first-order chi connectivity index (χ1) is 12.5. The molecule has 26 heavy (non-hydrogen) atoms. The van der Waals surface area contributed by atoms with Gasteiger partial charge < -0.3 is 15.6 Å². The summed E-state index contributed by atoms with van der Waals surface area (Å²) in [6, 6.07) is 9.81. The van der Waals surface area contributed by atoms with Crippen molar-refractivity contribution in [3.8, 4) is 11.5 Å². The van der Waals surface area contributed by atoms with Crippen LogP contribution in [-0.2, 0) is 11.2 Å². The van der Waals surface area contributed by atoms with Gasteiger partial charge in [0.2, 0.25) is 5.91 Å². The number of nitrogens with one attached hydrogen (secondary N) is 1. The van der Waals surface area contributed by atoms with Crippen LogP contribution >= 0.6 is 0 Å². The normalized spacial score (nSPS) is 11.6. The molecule has 4 N–H and O–H groups in total. The molecule has 2 amide bonds. The van der Waals surface area contributed by atoms with Gasteiger partial charge in [-0.3, -0.25) is 14.9 Å². The lowest BCUT2D eigenvalue weighted by molar-refractivity contribution is -0.121. The highest BCUT2D eigenvalue weighted by Crippen LogP contribution is 2.28. The first kappa shape index (κ1) is 19.4. The van der Waals surface area contributed by atoms with Crippen LogP contribution in [0, 0.1) is 0 Å². The van der Waals surface area contributed by atoms with Gasteiger partial charge in [0, 0.05) is 12.3 Å². The largest absolute Gasteiger partial charge is 0.503 e. The highest BCUT2D eigenvalue weighted by atomic mass is 16.5. The summed E-state index contributed by atoms with van der Waals surface area (Å²) in [6.07, 6.45) is 3.38. The first-order valence-corrected chi connectivity index (χ1v) is 8.48. The van der Waals surface area contributed by atoms with Crippen molar-refractivity contribution in [1.29, 1.82) is 0 Å². The van der Waals surface area contributed by atoms with Gasteiger partial charge in [0.1, 0.15) is 0 Å². The second kappa shape index (κ2) is 9.53. The number of hydrogen-bond acceptors (Lipinski definition) is 6. The minimum atomic E-state index is -0.896. The summed E-state index contributed by atoms with van der Waals surface area (Å²) in [6.45, 7) is 2.43. The number of benzene rings is 1. The zero-order chi connectivity index (χ0) is 18.9. The highest BCUT2D eigenvalue weighted by Gasteiger charge is 2.22. The van der Waals surface area contributed by atoms with Gasteiger partial charge in [-0.1, -0.05) is 43.7 Å². The Morgan fingerprint density at radius 1 is 1.27 bits per heavy atom. The van der Waals surface area contributed by atoms with Crippen LogP contribution in [0.2, 0.25) is 0 Å². The molecule has 7 nitrogen and oxygen atoms in total. The maximum Gasteiger partial charge on any atom is 0.280 e. The Morgan fingerprint density at radius 2 is 2.00 bits per heavy atom. The van der Waals surface area contributed by atoms with Crippen molar-refractivity contribution in [3.05, 3.63) is 53.9 Å². The van der Waals surface area contributed by atoms with E-state index in [4.69, 9.17) is 10.5 Å². The van der Waals surface area contributed by atoms with Crippen molar-refractivity contribution in [3.63, 3.8) is 0 Å². The lowest BCUT2D eigenvalue weighted by atomic mass is 10.1. The Bertz CT molecular complexity index is 750. The molecule has 2 rings (SSSR count). The third-order valence-electron chi connectivity index (χ3n) is 3.73. The molecule has 0 spiro atoms. The van der Waals surface area contributed by atoms with Crippen molar-refractivity contribution in [2.24, 2.45) is 5.73 Å². The summed E-state index contributed by atoms with van der Waals surface area (Å²) < 4.78 is 5.42. The number of hydrogen-bond donors (Lipinski definition) is 3. The van der Waals surface area contributed by atoms with Gasteiger partial charge >= 0.3 is 0 Å². The molecule has 0 bridgehead atoms. The molecule has 1 aromatic heterocycles. The third kappa shape index (κ3) is 5.29. The van der Waals surface area contributed by atoms with Crippen molar-refractivity contribution < 1.29 is 19.4 Å². The number of ether oxygens (including phenoxy) is 1. The molecule has 0 aliphatic rings. The SMILES string of the molecule is CCCCOc1ccnc(C(=O)NC(=O)[C@@H](N)Cc2ccccc2)c1O. The number of nitrogens with zero attached hydrogens (tertiary/aromatic N) is 1. The average molecular weight is 357 g/mol. The standard InChI is InChI=1S/C19H23N3O4/c1-2-3-11-26-15-9-10-21-16(17(15)23)19(25)22-18(24)14(20)12-13-7-5-4-6-8-13/h4-10,14,23H,2-3,11-12,20H2,1H3,(H,22,24,25)/t14-/m0/s1. The fraction of sp³-hybridized carbons (Fsp3) is 0.316. The Labute approximate surface area is 152 Å². The third-order valence-corrected chi connectivity index (χ3v) is 3.73. The van der Waals surface area contributed by atoms with Crippen molar-refractivity contribution in [2.45, 2.75) is 32.2 Å². The number of unbranched alkanes of at least 4 members (excludes halogenated alkanes) is 1. The lowest BCUT2D eigenvalue weighted by Gasteiger charge is -2.13. The van der Waals surface area contributed by atoms with E-state index < -0.39 is 23.6 Å². The minimum absolute atomic E-state index is 0.152. The molecule has 0 saturated heterocycles. The van der Waals surface area contributed by atoms with Crippen LogP contribution in [-0.4, -0.2) is 34.6 Å². The molecular formula is C19H23N3O4. The van der Waals surface area contributed by atoms with Gasteiger partial charge in [-0.05, 0) is 18.4 Å². The fourth-order valence-corrected chi connectivity index (χ4v) is 2.27. The van der Waals surface area contributed by atoms with Gasteiger partial charge in [0.05, 0.1) is 12.6 Å². The molecular weight excluding hydrogens is 334 g/mol. The monoisotopic (exact) mass is 357 g/mol. The number of carbonyl (C=O) groups is 2. The molecule has 0 unspecified atom stereocenters. The topological polar surface area (TPSA) is 115 Å². The molecule has 0 fully saturated rings. The van der Waals surface area contributed by atoms with Crippen molar-refractivity contribution in [1.82, 2.24) is 10.3 Å². The van der Waals surface area contributed by atoms with Gasteiger partial charge in [-0.25, -0.2) is 4.98 Å². The van der Waals surface area contributed by atoms with Crippen LogP contribution in [0.15, 0.2) is 42.6 Å². The number of imide groups is 1. The van der Waals surface area contributed by atoms with Gasteiger partial charge in [0.15, 0.2) is 17.2 Å². The summed E-state index contributed by atoms with van der Waals surface area (Å²) in [4.78, 5) is 28.2.